The number of hydrogen-bond acceptors (Lipinski definition) is 2. The summed E-state index contributed by atoms with van der Waals surface area (Å²) in [6, 6.07) is 8.42. The Balaban J connectivity index is 2.44. The second-order valence-electron chi connectivity index (χ2n) is 4.44. The molecule has 0 amide bonds. The van der Waals surface area contributed by atoms with Gasteiger partial charge in [0.05, 0.1) is 5.52 Å². The molecule has 2 nitrogen and oxygen atoms in total. The third-order valence-electron chi connectivity index (χ3n) is 2.88. The van der Waals surface area contributed by atoms with Crippen molar-refractivity contribution < 1.29 is 18.3 Å². The molecular weight excluding hydrogens is 243 g/mol. The summed E-state index contributed by atoms with van der Waals surface area (Å²) in [4.78, 5) is 4.07. The molecule has 0 aliphatic heterocycles. The summed E-state index contributed by atoms with van der Waals surface area (Å²) >= 11 is 0. The highest BCUT2D eigenvalue weighted by atomic mass is 19.4. The van der Waals surface area contributed by atoms with Crippen molar-refractivity contribution in [3.8, 4) is 0 Å². The number of benzene rings is 1. The Kier molecular flexibility index (Phi) is 3.02. The zero-order chi connectivity index (χ0) is 13.4. The number of halogens is 3. The first-order valence-electron chi connectivity index (χ1n) is 5.43. The minimum atomic E-state index is -4.66. The van der Waals surface area contributed by atoms with Crippen LogP contribution in [0.2, 0.25) is 0 Å². The minimum Gasteiger partial charge on any atom is -0.380 e. The minimum absolute atomic E-state index is 0.433. The van der Waals surface area contributed by atoms with Crippen LogP contribution in [0.15, 0.2) is 36.5 Å². The first-order chi connectivity index (χ1) is 8.31. The molecule has 1 atom stereocenters. The maximum Gasteiger partial charge on any atom is 0.417 e. The molecule has 2 rings (SSSR count). The quantitative estimate of drug-likeness (QED) is 0.894. The largest absolute Gasteiger partial charge is 0.417 e. The fourth-order valence-electron chi connectivity index (χ4n) is 1.78. The first-order valence-corrected chi connectivity index (χ1v) is 5.43. The number of rotatable bonds is 2. The number of pyridine rings is 1. The molecule has 1 aromatic carbocycles. The highest BCUT2D eigenvalue weighted by Crippen LogP contribution is 2.34. The molecule has 1 heterocycles. The van der Waals surface area contributed by atoms with Crippen molar-refractivity contribution in [1.29, 1.82) is 0 Å². The molecule has 0 bridgehead atoms. The molecule has 0 aliphatic rings. The number of fused-ring (bicyclic) bond motifs is 1. The van der Waals surface area contributed by atoms with Gasteiger partial charge in [-0.3, -0.25) is 4.98 Å². The van der Waals surface area contributed by atoms with E-state index in [1.165, 1.54) is 12.3 Å². The highest BCUT2D eigenvalue weighted by Gasteiger charge is 2.49. The smallest absolute Gasteiger partial charge is 0.380 e. The maximum absolute atomic E-state index is 12.7. The van der Waals surface area contributed by atoms with Gasteiger partial charge in [-0.2, -0.15) is 13.2 Å². The summed E-state index contributed by atoms with van der Waals surface area (Å²) in [6.07, 6.45) is -3.69. The van der Waals surface area contributed by atoms with E-state index in [-0.39, 0.29) is 0 Å². The van der Waals surface area contributed by atoms with Crippen molar-refractivity contribution in [1.82, 2.24) is 4.98 Å². The summed E-state index contributed by atoms with van der Waals surface area (Å²) in [5.41, 5.74) is -1.69. The number of nitrogens with zero attached hydrogens (tertiary/aromatic N) is 1. The van der Waals surface area contributed by atoms with Gasteiger partial charge in [-0.1, -0.05) is 18.2 Å². The second kappa shape index (κ2) is 4.24. The Morgan fingerprint density at radius 1 is 1.17 bits per heavy atom. The van der Waals surface area contributed by atoms with Crippen LogP contribution in [-0.4, -0.2) is 21.9 Å². The summed E-state index contributed by atoms with van der Waals surface area (Å²) in [5.74, 6) is 0. The molecule has 2 aromatic rings. The van der Waals surface area contributed by atoms with E-state index >= 15 is 0 Å². The van der Waals surface area contributed by atoms with Gasteiger partial charge in [-0.25, -0.2) is 0 Å². The predicted molar refractivity (Wildman–Crippen MR) is 62.1 cm³/mol. The van der Waals surface area contributed by atoms with Crippen molar-refractivity contribution >= 4 is 10.9 Å². The molecule has 96 valence electrons. The van der Waals surface area contributed by atoms with Crippen LogP contribution in [0.25, 0.3) is 10.9 Å². The van der Waals surface area contributed by atoms with Gasteiger partial charge in [0.2, 0.25) is 0 Å². The fraction of sp³-hybridized carbons (Fsp3) is 0.308. The molecule has 0 radical (unpaired) electrons. The van der Waals surface area contributed by atoms with Gasteiger partial charge in [0.1, 0.15) is 0 Å². The van der Waals surface area contributed by atoms with Crippen molar-refractivity contribution in [3.05, 3.63) is 42.1 Å². The van der Waals surface area contributed by atoms with Gasteiger partial charge >= 0.3 is 6.18 Å². The zero-order valence-electron chi connectivity index (χ0n) is 9.70. The Bertz CT molecular complexity index is 558. The maximum atomic E-state index is 12.7. The Morgan fingerprint density at radius 2 is 1.83 bits per heavy atom. The fourth-order valence-corrected chi connectivity index (χ4v) is 1.78. The van der Waals surface area contributed by atoms with Crippen LogP contribution in [0.5, 0.6) is 0 Å². The summed E-state index contributed by atoms with van der Waals surface area (Å²) < 4.78 is 38.0. The van der Waals surface area contributed by atoms with Crippen molar-refractivity contribution in [2.45, 2.75) is 25.1 Å². The van der Waals surface area contributed by atoms with Crippen LogP contribution in [0, 0.1) is 0 Å². The summed E-state index contributed by atoms with van der Waals surface area (Å²) in [6.45, 7) is 0.780. The van der Waals surface area contributed by atoms with Crippen molar-refractivity contribution in [2.75, 3.05) is 0 Å². The molecule has 0 saturated heterocycles. The van der Waals surface area contributed by atoms with Gasteiger partial charge in [-0.05, 0) is 24.6 Å². The zero-order valence-corrected chi connectivity index (χ0v) is 9.70. The topological polar surface area (TPSA) is 33.1 Å². The van der Waals surface area contributed by atoms with E-state index in [0.717, 1.165) is 6.92 Å². The van der Waals surface area contributed by atoms with Crippen molar-refractivity contribution in [3.63, 3.8) is 0 Å². The molecule has 1 aromatic heterocycles. The Morgan fingerprint density at radius 3 is 2.50 bits per heavy atom. The monoisotopic (exact) mass is 255 g/mol. The normalized spacial score (nSPS) is 15.6. The van der Waals surface area contributed by atoms with Crippen LogP contribution in [0.3, 0.4) is 0 Å². The molecule has 1 unspecified atom stereocenters. The molecule has 0 aliphatic carbocycles. The third-order valence-corrected chi connectivity index (χ3v) is 2.88. The van der Waals surface area contributed by atoms with Gasteiger partial charge in [0, 0.05) is 18.0 Å². The number of alkyl halides is 3. The third kappa shape index (κ3) is 2.31. The lowest BCUT2D eigenvalue weighted by atomic mass is 9.94. The first kappa shape index (κ1) is 12.8. The molecule has 5 heteroatoms. The lowest BCUT2D eigenvalue weighted by Gasteiger charge is -2.26. The Labute approximate surface area is 102 Å². The Hall–Kier alpha value is -1.62. The van der Waals surface area contributed by atoms with E-state index in [0.29, 0.717) is 16.5 Å². The number of para-hydroxylation sites is 1. The van der Waals surface area contributed by atoms with Crippen LogP contribution >= 0.6 is 0 Å². The van der Waals surface area contributed by atoms with Gasteiger partial charge in [0.15, 0.2) is 5.60 Å². The van der Waals surface area contributed by atoms with E-state index in [1.54, 1.807) is 24.3 Å². The van der Waals surface area contributed by atoms with Crippen LogP contribution in [-0.2, 0) is 6.42 Å². The van der Waals surface area contributed by atoms with Gasteiger partial charge in [0.25, 0.3) is 0 Å². The average molecular weight is 255 g/mol. The molecule has 1 N–H and O–H groups in total. The SMILES string of the molecule is CC(O)(Cc1ccnc2ccccc12)C(F)(F)F. The molecule has 0 fully saturated rings. The van der Waals surface area contributed by atoms with E-state index < -0.39 is 18.2 Å². The number of aromatic nitrogens is 1. The molecule has 0 saturated carbocycles. The van der Waals surface area contributed by atoms with Crippen LogP contribution in [0.1, 0.15) is 12.5 Å². The molecule has 18 heavy (non-hydrogen) atoms. The van der Waals surface area contributed by atoms with E-state index in [2.05, 4.69) is 4.98 Å². The van der Waals surface area contributed by atoms with E-state index in [4.69, 9.17) is 0 Å². The van der Waals surface area contributed by atoms with Gasteiger partial charge in [-0.15, -0.1) is 0 Å². The summed E-state index contributed by atoms with van der Waals surface area (Å²) in [5, 5.41) is 10.1. The average Bonchev–Trinajstić information content (AvgIpc) is 2.27. The van der Waals surface area contributed by atoms with Crippen LogP contribution in [0.4, 0.5) is 13.2 Å². The van der Waals surface area contributed by atoms with Gasteiger partial charge < -0.3 is 5.11 Å². The van der Waals surface area contributed by atoms with Crippen molar-refractivity contribution in [2.24, 2.45) is 0 Å². The van der Waals surface area contributed by atoms with Crippen LogP contribution < -0.4 is 0 Å². The number of hydrogen-bond donors (Lipinski definition) is 1. The standard InChI is InChI=1S/C13H12F3NO/c1-12(18,13(14,15)16)8-9-6-7-17-11-5-3-2-4-10(9)11/h2-7,18H,8H2,1H3. The number of aliphatic hydroxyl groups is 1. The molecule has 0 spiro atoms. The van der Waals surface area contributed by atoms with E-state index in [1.807, 2.05) is 0 Å². The van der Waals surface area contributed by atoms with E-state index in [9.17, 15) is 18.3 Å². The lowest BCUT2D eigenvalue weighted by molar-refractivity contribution is -0.252. The highest BCUT2D eigenvalue weighted by molar-refractivity contribution is 5.81. The second-order valence-corrected chi connectivity index (χ2v) is 4.44. The summed E-state index contributed by atoms with van der Waals surface area (Å²) in [7, 11) is 0. The lowest BCUT2D eigenvalue weighted by Crippen LogP contribution is -2.44. The molecular formula is C13H12F3NO. The predicted octanol–water partition coefficient (Wildman–Crippen LogP) is 3.09.